The third kappa shape index (κ3) is 4.39. The second-order valence-electron chi connectivity index (χ2n) is 4.26. The van der Waals surface area contributed by atoms with Gasteiger partial charge in [-0.25, -0.2) is 19.4 Å². The summed E-state index contributed by atoms with van der Waals surface area (Å²) in [5.41, 5.74) is 0. The number of carbonyl (C=O) groups excluding carboxylic acids is 3. The van der Waals surface area contributed by atoms with Crippen LogP contribution in [0, 0.1) is 11.8 Å². The van der Waals surface area contributed by atoms with Crippen LogP contribution < -0.4 is 0 Å². The Balaban J connectivity index is 2.60. The summed E-state index contributed by atoms with van der Waals surface area (Å²) >= 11 is 0. The zero-order valence-corrected chi connectivity index (χ0v) is 10.9. The molecular weight excluding hydrogens is 252 g/mol. The largest absolute Gasteiger partial charge is 0.466 e. The fourth-order valence-corrected chi connectivity index (χ4v) is 2.12. The Labute approximate surface area is 111 Å². The van der Waals surface area contributed by atoms with Crippen LogP contribution in [0.25, 0.3) is 0 Å². The topological polar surface area (TPSA) is 78.9 Å². The molecule has 1 rings (SSSR count). The van der Waals surface area contributed by atoms with Gasteiger partial charge in [-0.05, 0) is 19.8 Å². The summed E-state index contributed by atoms with van der Waals surface area (Å²) in [6.45, 7) is 5.15. The maximum absolute atomic E-state index is 11.8. The molecule has 2 atom stereocenters. The summed E-state index contributed by atoms with van der Waals surface area (Å²) in [4.78, 5) is 43.0. The lowest BCUT2D eigenvalue weighted by molar-refractivity contribution is -0.260. The minimum atomic E-state index is -0.850. The molecule has 0 N–H and O–H groups in total. The first-order valence-electron chi connectivity index (χ1n) is 6.31. The zero-order valence-electron chi connectivity index (χ0n) is 10.9. The van der Waals surface area contributed by atoms with Gasteiger partial charge in [0, 0.05) is 6.08 Å². The van der Waals surface area contributed by atoms with Crippen LogP contribution in [-0.4, -0.2) is 24.5 Å². The fraction of sp³-hybridized carbons (Fsp3) is 0.615. The first kappa shape index (κ1) is 15.2. The van der Waals surface area contributed by atoms with Crippen LogP contribution in [0.3, 0.4) is 0 Å². The molecule has 2 unspecified atom stereocenters. The van der Waals surface area contributed by atoms with Crippen LogP contribution in [0.15, 0.2) is 12.7 Å². The second-order valence-corrected chi connectivity index (χ2v) is 4.26. The minimum absolute atomic E-state index is 0.266. The van der Waals surface area contributed by atoms with E-state index in [-0.39, 0.29) is 6.61 Å². The van der Waals surface area contributed by atoms with Crippen LogP contribution in [0.4, 0.5) is 0 Å². The van der Waals surface area contributed by atoms with Gasteiger partial charge in [0.1, 0.15) is 0 Å². The molecule has 0 heterocycles. The van der Waals surface area contributed by atoms with E-state index < -0.39 is 29.7 Å². The van der Waals surface area contributed by atoms with Crippen molar-refractivity contribution >= 4 is 17.9 Å². The number of rotatable bonds is 4. The third-order valence-corrected chi connectivity index (χ3v) is 3.03. The van der Waals surface area contributed by atoms with E-state index in [1.165, 1.54) is 0 Å². The molecule has 0 spiro atoms. The smallest absolute Gasteiger partial charge is 0.378 e. The third-order valence-electron chi connectivity index (χ3n) is 3.03. The van der Waals surface area contributed by atoms with Crippen molar-refractivity contribution in [3.05, 3.63) is 12.7 Å². The van der Waals surface area contributed by atoms with Crippen molar-refractivity contribution in [3.63, 3.8) is 0 Å². The normalized spacial score (nSPS) is 22.2. The first-order chi connectivity index (χ1) is 9.10. The van der Waals surface area contributed by atoms with Crippen molar-refractivity contribution in [2.24, 2.45) is 11.8 Å². The van der Waals surface area contributed by atoms with Gasteiger partial charge >= 0.3 is 17.9 Å². The maximum Gasteiger partial charge on any atom is 0.378 e. The van der Waals surface area contributed by atoms with Gasteiger partial charge in [0.15, 0.2) is 0 Å². The fourth-order valence-electron chi connectivity index (χ4n) is 2.12. The van der Waals surface area contributed by atoms with E-state index in [1.807, 2.05) is 0 Å². The number of hydrogen-bond donors (Lipinski definition) is 0. The van der Waals surface area contributed by atoms with Gasteiger partial charge in [-0.3, -0.25) is 4.79 Å². The Hall–Kier alpha value is -1.85. The molecule has 0 aliphatic heterocycles. The first-order valence-corrected chi connectivity index (χ1v) is 6.31. The average molecular weight is 270 g/mol. The van der Waals surface area contributed by atoms with E-state index in [4.69, 9.17) is 4.74 Å². The highest BCUT2D eigenvalue weighted by Crippen LogP contribution is 2.32. The standard InChI is InChI=1S/C13H18O6/c1-3-11(14)18-19-13(16)10-8-6-5-7-9(10)12(15)17-4-2/h3,9-10H,1,4-8H2,2H3. The molecule has 1 aliphatic rings. The lowest BCUT2D eigenvalue weighted by Gasteiger charge is -2.27. The predicted octanol–water partition coefficient (Wildman–Crippen LogP) is 1.54. The maximum atomic E-state index is 11.8. The summed E-state index contributed by atoms with van der Waals surface area (Å²) in [6.07, 6.45) is 3.67. The van der Waals surface area contributed by atoms with E-state index >= 15 is 0 Å². The number of esters is 1. The number of carbonyl (C=O) groups is 3. The quantitative estimate of drug-likeness (QED) is 0.334. The number of hydrogen-bond acceptors (Lipinski definition) is 6. The predicted molar refractivity (Wildman–Crippen MR) is 64.5 cm³/mol. The summed E-state index contributed by atoms with van der Waals surface area (Å²) in [6, 6.07) is 0. The molecule has 0 aromatic heterocycles. The molecule has 6 nitrogen and oxygen atoms in total. The Morgan fingerprint density at radius 3 is 2.21 bits per heavy atom. The monoisotopic (exact) mass is 270 g/mol. The summed E-state index contributed by atoms with van der Waals surface area (Å²) in [7, 11) is 0. The van der Waals surface area contributed by atoms with E-state index in [1.54, 1.807) is 6.92 Å². The van der Waals surface area contributed by atoms with Gasteiger partial charge < -0.3 is 4.74 Å². The van der Waals surface area contributed by atoms with Crippen molar-refractivity contribution in [3.8, 4) is 0 Å². The van der Waals surface area contributed by atoms with Gasteiger partial charge in [0.05, 0.1) is 18.4 Å². The highest BCUT2D eigenvalue weighted by Gasteiger charge is 2.38. The lowest BCUT2D eigenvalue weighted by atomic mass is 9.79. The summed E-state index contributed by atoms with van der Waals surface area (Å²) in [5.74, 6) is -3.11. The summed E-state index contributed by atoms with van der Waals surface area (Å²) in [5, 5.41) is 0. The lowest BCUT2D eigenvalue weighted by Crippen LogP contribution is -2.35. The second kappa shape index (κ2) is 7.56. The van der Waals surface area contributed by atoms with Crippen LogP contribution >= 0.6 is 0 Å². The SMILES string of the molecule is C=CC(=O)OOC(=O)C1CCCCC1C(=O)OCC. The molecule has 0 amide bonds. The van der Waals surface area contributed by atoms with Crippen molar-refractivity contribution in [1.82, 2.24) is 0 Å². The van der Waals surface area contributed by atoms with Gasteiger partial charge in [-0.2, -0.15) is 0 Å². The minimum Gasteiger partial charge on any atom is -0.466 e. The van der Waals surface area contributed by atoms with Crippen molar-refractivity contribution in [1.29, 1.82) is 0 Å². The molecule has 0 radical (unpaired) electrons. The van der Waals surface area contributed by atoms with E-state index in [0.717, 1.165) is 18.9 Å². The van der Waals surface area contributed by atoms with Gasteiger partial charge in [0.2, 0.25) is 0 Å². The van der Waals surface area contributed by atoms with Crippen molar-refractivity contribution in [2.45, 2.75) is 32.6 Å². The molecule has 106 valence electrons. The molecular formula is C13H18O6. The van der Waals surface area contributed by atoms with Crippen molar-refractivity contribution in [2.75, 3.05) is 6.61 Å². The molecule has 1 aliphatic carbocycles. The highest BCUT2D eigenvalue weighted by molar-refractivity contribution is 5.84. The zero-order chi connectivity index (χ0) is 14.3. The molecule has 1 saturated carbocycles. The Morgan fingerprint density at radius 1 is 1.11 bits per heavy atom. The van der Waals surface area contributed by atoms with E-state index in [0.29, 0.717) is 12.8 Å². The van der Waals surface area contributed by atoms with Gasteiger partial charge in [-0.1, -0.05) is 19.4 Å². The molecule has 19 heavy (non-hydrogen) atoms. The van der Waals surface area contributed by atoms with Crippen LogP contribution in [0.1, 0.15) is 32.6 Å². The highest BCUT2D eigenvalue weighted by atomic mass is 17.2. The van der Waals surface area contributed by atoms with E-state index in [9.17, 15) is 14.4 Å². The Morgan fingerprint density at radius 2 is 1.68 bits per heavy atom. The van der Waals surface area contributed by atoms with Crippen LogP contribution in [0.5, 0.6) is 0 Å². The average Bonchev–Trinajstić information content (AvgIpc) is 2.44. The van der Waals surface area contributed by atoms with Gasteiger partial charge in [-0.15, -0.1) is 0 Å². The number of ether oxygens (including phenoxy) is 1. The Bertz CT molecular complexity index is 362. The molecule has 1 fully saturated rings. The van der Waals surface area contributed by atoms with Crippen LogP contribution in [0.2, 0.25) is 0 Å². The molecule has 0 bridgehead atoms. The molecule has 0 aromatic carbocycles. The van der Waals surface area contributed by atoms with Crippen molar-refractivity contribution < 1.29 is 28.9 Å². The van der Waals surface area contributed by atoms with Gasteiger partial charge in [0.25, 0.3) is 0 Å². The summed E-state index contributed by atoms with van der Waals surface area (Å²) < 4.78 is 4.94. The Kier molecular flexibility index (Phi) is 6.05. The molecule has 0 saturated heterocycles. The van der Waals surface area contributed by atoms with E-state index in [2.05, 4.69) is 16.4 Å². The molecule has 0 aromatic rings. The molecule has 6 heteroatoms. The van der Waals surface area contributed by atoms with Crippen LogP contribution in [-0.2, 0) is 28.9 Å².